The Kier molecular flexibility index (Phi) is 5.00. The minimum Gasteiger partial charge on any atom is -0.507 e. The van der Waals surface area contributed by atoms with Gasteiger partial charge in [0.2, 0.25) is 0 Å². The number of hydrogen-bond donors (Lipinski definition) is 2. The van der Waals surface area contributed by atoms with Crippen molar-refractivity contribution in [1.82, 2.24) is 4.57 Å². The molecule has 5 heteroatoms. The van der Waals surface area contributed by atoms with Crippen LogP contribution in [0.2, 0.25) is 0 Å². The minimum absolute atomic E-state index is 0.0593. The Morgan fingerprint density at radius 1 is 1.29 bits per heavy atom. The molecule has 1 aromatic heterocycles. The van der Waals surface area contributed by atoms with Gasteiger partial charge in [-0.05, 0) is 18.6 Å². The lowest BCUT2D eigenvalue weighted by Gasteiger charge is -2.11. The van der Waals surface area contributed by atoms with Crippen LogP contribution < -0.4 is 10.9 Å². The smallest absolute Gasteiger partial charge is 0.250 e. The van der Waals surface area contributed by atoms with Crippen LogP contribution in [-0.2, 0) is 17.8 Å². The van der Waals surface area contributed by atoms with Gasteiger partial charge < -0.3 is 19.7 Å². The Morgan fingerprint density at radius 3 is 2.86 bits per heavy atom. The SMILES string of the molecule is COCCn1cc(NCc2cccc(C)c2O)ccc1=O. The molecule has 0 spiro atoms. The van der Waals surface area contributed by atoms with Crippen molar-refractivity contribution in [2.45, 2.75) is 20.0 Å². The topological polar surface area (TPSA) is 63.5 Å². The van der Waals surface area contributed by atoms with Crippen LogP contribution in [0.3, 0.4) is 0 Å². The highest BCUT2D eigenvalue weighted by molar-refractivity contribution is 5.45. The van der Waals surface area contributed by atoms with Crippen LogP contribution in [0.15, 0.2) is 41.3 Å². The number of para-hydroxylation sites is 1. The summed E-state index contributed by atoms with van der Waals surface area (Å²) in [6, 6.07) is 8.90. The number of ether oxygens (including phenoxy) is 1. The van der Waals surface area contributed by atoms with E-state index in [-0.39, 0.29) is 5.56 Å². The summed E-state index contributed by atoms with van der Waals surface area (Å²) in [7, 11) is 1.60. The second-order valence-electron chi connectivity index (χ2n) is 4.88. The van der Waals surface area contributed by atoms with E-state index in [1.165, 1.54) is 6.07 Å². The number of rotatable bonds is 6. The van der Waals surface area contributed by atoms with E-state index in [4.69, 9.17) is 4.74 Å². The molecular weight excluding hydrogens is 268 g/mol. The third-order valence-electron chi connectivity index (χ3n) is 3.32. The Labute approximate surface area is 123 Å². The Hall–Kier alpha value is -2.27. The highest BCUT2D eigenvalue weighted by Crippen LogP contribution is 2.22. The normalized spacial score (nSPS) is 10.6. The average Bonchev–Trinajstić information content (AvgIpc) is 2.49. The third kappa shape index (κ3) is 3.86. The molecule has 1 aromatic carbocycles. The lowest BCUT2D eigenvalue weighted by atomic mass is 10.1. The number of aryl methyl sites for hydroxylation is 1. The van der Waals surface area contributed by atoms with E-state index in [9.17, 15) is 9.90 Å². The molecule has 0 saturated carbocycles. The van der Waals surface area contributed by atoms with Crippen molar-refractivity contribution in [2.24, 2.45) is 0 Å². The molecule has 0 unspecified atom stereocenters. The Balaban J connectivity index is 2.09. The Bertz CT molecular complexity index is 665. The highest BCUT2D eigenvalue weighted by atomic mass is 16.5. The van der Waals surface area contributed by atoms with Crippen LogP contribution in [0.25, 0.3) is 0 Å². The fourth-order valence-corrected chi connectivity index (χ4v) is 2.06. The zero-order valence-electron chi connectivity index (χ0n) is 12.3. The van der Waals surface area contributed by atoms with Gasteiger partial charge in [-0.2, -0.15) is 0 Å². The molecule has 0 radical (unpaired) electrons. The number of pyridine rings is 1. The number of nitrogens with one attached hydrogen (secondary N) is 1. The van der Waals surface area contributed by atoms with Crippen molar-refractivity contribution in [3.05, 3.63) is 58.0 Å². The summed E-state index contributed by atoms with van der Waals surface area (Å²) in [5, 5.41) is 13.2. The second kappa shape index (κ2) is 6.95. The van der Waals surface area contributed by atoms with E-state index < -0.39 is 0 Å². The number of benzene rings is 1. The standard InChI is InChI=1S/C16H20N2O3/c1-12-4-3-5-13(16(12)20)10-17-14-6-7-15(19)18(11-14)8-9-21-2/h3-7,11,17,20H,8-10H2,1-2H3. The van der Waals surface area contributed by atoms with E-state index in [1.54, 1.807) is 23.9 Å². The number of nitrogens with zero attached hydrogens (tertiary/aromatic N) is 1. The maximum atomic E-state index is 11.7. The quantitative estimate of drug-likeness (QED) is 0.854. The third-order valence-corrected chi connectivity index (χ3v) is 3.32. The summed E-state index contributed by atoms with van der Waals surface area (Å²) in [4.78, 5) is 11.7. The van der Waals surface area contributed by atoms with E-state index in [0.717, 1.165) is 16.8 Å². The summed E-state index contributed by atoms with van der Waals surface area (Å²) in [6.07, 6.45) is 1.76. The first-order valence-corrected chi connectivity index (χ1v) is 6.82. The minimum atomic E-state index is -0.0593. The van der Waals surface area contributed by atoms with Crippen molar-refractivity contribution in [3.8, 4) is 5.75 Å². The second-order valence-corrected chi connectivity index (χ2v) is 4.88. The molecule has 2 rings (SSSR count). The number of hydrogen-bond acceptors (Lipinski definition) is 4. The summed E-state index contributed by atoms with van der Waals surface area (Å²) in [6.45, 7) is 3.36. The van der Waals surface area contributed by atoms with Crippen LogP contribution in [0.1, 0.15) is 11.1 Å². The van der Waals surface area contributed by atoms with Gasteiger partial charge in [0.1, 0.15) is 5.75 Å². The molecule has 21 heavy (non-hydrogen) atoms. The van der Waals surface area contributed by atoms with Crippen LogP contribution in [-0.4, -0.2) is 23.4 Å². The van der Waals surface area contributed by atoms with E-state index >= 15 is 0 Å². The van der Waals surface area contributed by atoms with Crippen LogP contribution in [0.5, 0.6) is 5.75 Å². The summed E-state index contributed by atoms with van der Waals surface area (Å²) in [5.74, 6) is 0.303. The molecule has 2 aromatic rings. The van der Waals surface area contributed by atoms with Gasteiger partial charge >= 0.3 is 0 Å². The summed E-state index contributed by atoms with van der Waals surface area (Å²) in [5.41, 5.74) is 2.44. The molecule has 0 atom stereocenters. The molecule has 0 amide bonds. The average molecular weight is 288 g/mol. The van der Waals surface area contributed by atoms with Crippen molar-refractivity contribution in [3.63, 3.8) is 0 Å². The molecule has 0 fully saturated rings. The summed E-state index contributed by atoms with van der Waals surface area (Å²) >= 11 is 0. The first-order valence-electron chi connectivity index (χ1n) is 6.82. The number of aromatic hydroxyl groups is 1. The Morgan fingerprint density at radius 2 is 2.10 bits per heavy atom. The molecule has 2 N–H and O–H groups in total. The maximum absolute atomic E-state index is 11.7. The fourth-order valence-electron chi connectivity index (χ4n) is 2.06. The fraction of sp³-hybridized carbons (Fsp3) is 0.312. The lowest BCUT2D eigenvalue weighted by molar-refractivity contribution is 0.186. The number of phenolic OH excluding ortho intramolecular Hbond substituents is 1. The molecule has 112 valence electrons. The number of aromatic nitrogens is 1. The molecule has 0 saturated heterocycles. The molecule has 5 nitrogen and oxygen atoms in total. The molecule has 0 bridgehead atoms. The van der Waals surface area contributed by atoms with E-state index in [2.05, 4.69) is 5.32 Å². The number of phenols is 1. The molecule has 0 aliphatic carbocycles. The molecular formula is C16H20N2O3. The van der Waals surface area contributed by atoms with Crippen LogP contribution in [0.4, 0.5) is 5.69 Å². The molecule has 0 aliphatic heterocycles. The van der Waals surface area contributed by atoms with Gasteiger partial charge in [0.15, 0.2) is 0 Å². The van der Waals surface area contributed by atoms with Gasteiger partial charge in [0.05, 0.1) is 12.3 Å². The lowest BCUT2D eigenvalue weighted by Crippen LogP contribution is -2.21. The van der Waals surface area contributed by atoms with Gasteiger partial charge in [0, 0.05) is 38.0 Å². The van der Waals surface area contributed by atoms with Crippen molar-refractivity contribution >= 4 is 5.69 Å². The molecule has 0 aliphatic rings. The first kappa shape index (κ1) is 15.1. The van der Waals surface area contributed by atoms with Gasteiger partial charge in [-0.1, -0.05) is 18.2 Å². The predicted molar refractivity (Wildman–Crippen MR) is 82.7 cm³/mol. The number of methoxy groups -OCH3 is 1. The van der Waals surface area contributed by atoms with E-state index in [0.29, 0.717) is 25.4 Å². The zero-order valence-corrected chi connectivity index (χ0v) is 12.3. The molecule has 1 heterocycles. The van der Waals surface area contributed by atoms with Crippen LogP contribution in [0, 0.1) is 6.92 Å². The first-order chi connectivity index (χ1) is 10.1. The summed E-state index contributed by atoms with van der Waals surface area (Å²) < 4.78 is 6.58. The van der Waals surface area contributed by atoms with Gasteiger partial charge in [-0.15, -0.1) is 0 Å². The predicted octanol–water partition coefficient (Wildman–Crippen LogP) is 2.12. The number of anilines is 1. The van der Waals surface area contributed by atoms with Gasteiger partial charge in [0.25, 0.3) is 5.56 Å². The van der Waals surface area contributed by atoms with Crippen molar-refractivity contribution in [1.29, 1.82) is 0 Å². The maximum Gasteiger partial charge on any atom is 0.250 e. The zero-order chi connectivity index (χ0) is 15.2. The largest absolute Gasteiger partial charge is 0.507 e. The van der Waals surface area contributed by atoms with Gasteiger partial charge in [-0.25, -0.2) is 0 Å². The van der Waals surface area contributed by atoms with Crippen LogP contribution >= 0.6 is 0 Å². The van der Waals surface area contributed by atoms with Gasteiger partial charge in [-0.3, -0.25) is 4.79 Å². The van der Waals surface area contributed by atoms with Crippen molar-refractivity contribution < 1.29 is 9.84 Å². The van der Waals surface area contributed by atoms with Crippen molar-refractivity contribution in [2.75, 3.05) is 19.0 Å². The van der Waals surface area contributed by atoms with E-state index in [1.807, 2.05) is 25.1 Å². The highest BCUT2D eigenvalue weighted by Gasteiger charge is 2.04. The monoisotopic (exact) mass is 288 g/mol.